The summed E-state index contributed by atoms with van der Waals surface area (Å²) in [5.74, 6) is 0.265. The molecule has 8 heteroatoms. The molecule has 0 aliphatic heterocycles. The summed E-state index contributed by atoms with van der Waals surface area (Å²) in [4.78, 5) is 28.0. The van der Waals surface area contributed by atoms with Gasteiger partial charge in [-0.3, -0.25) is 9.59 Å². The minimum absolute atomic E-state index is 0.00211. The summed E-state index contributed by atoms with van der Waals surface area (Å²) < 4.78 is 33.9. The number of ketones is 1. The Bertz CT molecular complexity index is 1170. The molecule has 4 rings (SSSR count). The van der Waals surface area contributed by atoms with E-state index in [1.54, 1.807) is 23.3 Å². The van der Waals surface area contributed by atoms with Crippen LogP contribution < -0.4 is 0 Å². The summed E-state index contributed by atoms with van der Waals surface area (Å²) in [7, 11) is -3.91. The average Bonchev–Trinajstić information content (AvgIpc) is 3.45. The Morgan fingerprint density at radius 2 is 1.91 bits per heavy atom. The molecule has 0 spiro atoms. The van der Waals surface area contributed by atoms with E-state index in [0.29, 0.717) is 25.1 Å². The minimum atomic E-state index is -3.91. The molecule has 2 bridgehead atoms. The number of hydrogen-bond donors (Lipinski definition) is 0. The Hall–Kier alpha value is -2.71. The van der Waals surface area contributed by atoms with Crippen molar-refractivity contribution in [3.05, 3.63) is 72.7 Å². The second kappa shape index (κ2) is 9.74. The Balaban J connectivity index is 1.56. The van der Waals surface area contributed by atoms with Crippen molar-refractivity contribution in [2.45, 2.75) is 46.2 Å². The second-order valence-corrected chi connectivity index (χ2v) is 12.3. The Kier molecular flexibility index (Phi) is 7.06. The highest BCUT2D eigenvalue weighted by atomic mass is 32.2. The van der Waals surface area contributed by atoms with Gasteiger partial charge in [-0.25, -0.2) is 8.42 Å². The van der Waals surface area contributed by atoms with Gasteiger partial charge < -0.3 is 9.32 Å². The topological polar surface area (TPSA) is 87.9 Å². The minimum Gasteiger partial charge on any atom is -0.467 e. The van der Waals surface area contributed by atoms with Crippen molar-refractivity contribution in [1.82, 2.24) is 9.21 Å². The molecular weight excluding hydrogens is 464 g/mol. The fourth-order valence-electron chi connectivity index (χ4n) is 5.81. The van der Waals surface area contributed by atoms with Crippen molar-refractivity contribution in [3.8, 4) is 0 Å². The van der Waals surface area contributed by atoms with Crippen molar-refractivity contribution in [2.75, 3.05) is 18.8 Å². The van der Waals surface area contributed by atoms with Crippen LogP contribution in [0.1, 0.15) is 44.4 Å². The summed E-state index contributed by atoms with van der Waals surface area (Å²) in [6.45, 7) is 7.95. The fourth-order valence-corrected chi connectivity index (χ4v) is 7.93. The Morgan fingerprint density at radius 1 is 1.17 bits per heavy atom. The lowest BCUT2D eigenvalue weighted by Gasteiger charge is -2.37. The van der Waals surface area contributed by atoms with E-state index in [0.717, 1.165) is 12.0 Å². The number of carbonyl (C=O) groups is 2. The smallest absolute Gasteiger partial charge is 0.238 e. The number of hydrogen-bond acceptors (Lipinski definition) is 5. The predicted molar refractivity (Wildman–Crippen MR) is 134 cm³/mol. The van der Waals surface area contributed by atoms with Crippen molar-refractivity contribution >= 4 is 21.7 Å². The van der Waals surface area contributed by atoms with Gasteiger partial charge in [0.25, 0.3) is 0 Å². The summed E-state index contributed by atoms with van der Waals surface area (Å²) in [5, 5.41) is 0. The van der Waals surface area contributed by atoms with Crippen molar-refractivity contribution < 1.29 is 22.4 Å². The molecule has 2 aliphatic rings. The highest BCUT2D eigenvalue weighted by molar-refractivity contribution is 7.89. The maximum absolute atomic E-state index is 13.7. The maximum Gasteiger partial charge on any atom is 0.238 e. The number of nitrogens with zero attached hydrogens (tertiary/aromatic N) is 2. The third kappa shape index (κ3) is 4.86. The highest BCUT2D eigenvalue weighted by Crippen LogP contribution is 2.64. The van der Waals surface area contributed by atoms with E-state index in [2.05, 4.69) is 6.58 Å². The predicted octanol–water partition coefficient (Wildman–Crippen LogP) is 4.02. The Labute approximate surface area is 207 Å². The SMILES string of the molecule is C=CCN(CC(=O)N(Cc1ccccc1)Cc1ccco1)S(=O)(=O)CC12CCC(CC1=O)C2(C)C. The fraction of sp³-hybridized carbons (Fsp3) is 0.481. The molecule has 1 amide bonds. The van der Waals surface area contributed by atoms with Crippen molar-refractivity contribution in [2.24, 2.45) is 16.7 Å². The number of fused-ring (bicyclic) bond motifs is 2. The van der Waals surface area contributed by atoms with E-state index in [4.69, 9.17) is 4.42 Å². The van der Waals surface area contributed by atoms with E-state index in [9.17, 15) is 18.0 Å². The molecule has 1 aromatic heterocycles. The van der Waals surface area contributed by atoms with Crippen LogP contribution in [0.5, 0.6) is 0 Å². The molecule has 2 atom stereocenters. The molecule has 0 radical (unpaired) electrons. The van der Waals surface area contributed by atoms with E-state index < -0.39 is 15.4 Å². The lowest BCUT2D eigenvalue weighted by Crippen LogP contribution is -2.49. The number of furan rings is 1. The molecule has 2 aliphatic carbocycles. The molecule has 35 heavy (non-hydrogen) atoms. The molecule has 0 N–H and O–H groups in total. The molecule has 1 heterocycles. The number of Topliss-reactive ketones (excluding diaryl/α,β-unsaturated/α-hetero) is 1. The summed E-state index contributed by atoms with van der Waals surface area (Å²) in [6, 6.07) is 13.1. The van der Waals surface area contributed by atoms with Crippen LogP contribution in [0.15, 0.2) is 65.8 Å². The number of carbonyl (C=O) groups excluding carboxylic acids is 2. The van der Waals surface area contributed by atoms with Gasteiger partial charge in [0, 0.05) is 24.9 Å². The van der Waals surface area contributed by atoms with Crippen LogP contribution in [0.4, 0.5) is 0 Å². The zero-order valence-corrected chi connectivity index (χ0v) is 21.3. The monoisotopic (exact) mass is 498 g/mol. The normalized spacial score (nSPS) is 23.1. The molecule has 2 saturated carbocycles. The lowest BCUT2D eigenvalue weighted by molar-refractivity contribution is -0.132. The standard InChI is InChI=1S/C27H34N2O5S/c1-4-14-29(35(32,33)20-27-13-12-22(16-24(27)30)26(27,2)3)19-25(31)28(18-23-11-8-15-34-23)17-21-9-6-5-7-10-21/h4-11,15,22H,1,12-14,16-20H2,2-3H3. The highest BCUT2D eigenvalue weighted by Gasteiger charge is 2.65. The molecule has 7 nitrogen and oxygen atoms in total. The maximum atomic E-state index is 13.7. The largest absolute Gasteiger partial charge is 0.467 e. The molecule has 2 fully saturated rings. The van der Waals surface area contributed by atoms with Gasteiger partial charge in [-0.05, 0) is 41.9 Å². The molecule has 1 aromatic carbocycles. The zero-order valence-electron chi connectivity index (χ0n) is 20.5. The van der Waals surface area contributed by atoms with Crippen LogP contribution in [0.2, 0.25) is 0 Å². The van der Waals surface area contributed by atoms with Crippen molar-refractivity contribution in [1.29, 1.82) is 0 Å². The summed E-state index contributed by atoms with van der Waals surface area (Å²) >= 11 is 0. The van der Waals surface area contributed by atoms with Gasteiger partial charge in [0.05, 0.1) is 25.1 Å². The van der Waals surface area contributed by atoms with Crippen molar-refractivity contribution in [3.63, 3.8) is 0 Å². The first kappa shape index (κ1) is 25.4. The van der Waals surface area contributed by atoms with Gasteiger partial charge in [-0.2, -0.15) is 4.31 Å². The van der Waals surface area contributed by atoms with Gasteiger partial charge in [0.1, 0.15) is 11.5 Å². The van der Waals surface area contributed by atoms with Crippen LogP contribution in [-0.4, -0.2) is 48.2 Å². The van der Waals surface area contributed by atoms with Gasteiger partial charge in [-0.15, -0.1) is 6.58 Å². The number of rotatable bonds is 11. The first-order valence-corrected chi connectivity index (χ1v) is 13.7. The number of amides is 1. The van der Waals surface area contributed by atoms with Crippen LogP contribution in [-0.2, 0) is 32.7 Å². The lowest BCUT2D eigenvalue weighted by atomic mass is 9.70. The quantitative estimate of drug-likeness (QED) is 0.437. The van der Waals surface area contributed by atoms with E-state index in [-0.39, 0.29) is 48.4 Å². The van der Waals surface area contributed by atoms with Crippen LogP contribution in [0, 0.1) is 16.7 Å². The third-order valence-electron chi connectivity index (χ3n) is 8.10. The Morgan fingerprint density at radius 3 is 2.49 bits per heavy atom. The van der Waals surface area contributed by atoms with E-state index in [1.165, 1.54) is 10.4 Å². The molecule has 188 valence electrons. The molecule has 2 aromatic rings. The third-order valence-corrected chi connectivity index (χ3v) is 10.0. The molecular formula is C27H34N2O5S. The van der Waals surface area contributed by atoms with Crippen LogP contribution in [0.3, 0.4) is 0 Å². The second-order valence-electron chi connectivity index (χ2n) is 10.3. The van der Waals surface area contributed by atoms with Gasteiger partial charge in [-0.1, -0.05) is 50.3 Å². The number of sulfonamides is 1. The van der Waals surface area contributed by atoms with Gasteiger partial charge >= 0.3 is 0 Å². The van der Waals surface area contributed by atoms with E-state index >= 15 is 0 Å². The van der Waals surface area contributed by atoms with Gasteiger partial charge in [0.15, 0.2) is 0 Å². The molecule has 2 unspecified atom stereocenters. The van der Waals surface area contributed by atoms with Crippen LogP contribution in [0.25, 0.3) is 0 Å². The first-order valence-electron chi connectivity index (χ1n) is 12.1. The first-order chi connectivity index (χ1) is 16.6. The number of benzene rings is 1. The summed E-state index contributed by atoms with van der Waals surface area (Å²) in [5.41, 5.74) is -0.337. The summed E-state index contributed by atoms with van der Waals surface area (Å²) in [6.07, 6.45) is 4.91. The van der Waals surface area contributed by atoms with E-state index in [1.807, 2.05) is 44.2 Å². The van der Waals surface area contributed by atoms with Gasteiger partial charge in [0.2, 0.25) is 15.9 Å². The zero-order chi connectivity index (χ0) is 25.3. The van der Waals surface area contributed by atoms with Crippen LogP contribution >= 0.6 is 0 Å². The molecule has 0 saturated heterocycles. The average molecular weight is 499 g/mol.